The maximum atomic E-state index is 12.7. The molecule has 0 aromatic heterocycles. The predicted octanol–water partition coefficient (Wildman–Crippen LogP) is 6.72. The van der Waals surface area contributed by atoms with Crippen molar-refractivity contribution in [2.75, 3.05) is 0 Å². The first-order valence-corrected chi connectivity index (χ1v) is 9.67. The first-order chi connectivity index (χ1) is 11.2. The van der Waals surface area contributed by atoms with E-state index in [0.29, 0.717) is 5.92 Å². The van der Waals surface area contributed by atoms with E-state index in [9.17, 15) is 4.39 Å². The molecule has 2 fully saturated rings. The number of nitrogens with zero attached hydrogens (tertiary/aromatic N) is 1. The highest BCUT2D eigenvalue weighted by Gasteiger charge is 2.30. The summed E-state index contributed by atoms with van der Waals surface area (Å²) in [6, 6.07) is 1.51. The van der Waals surface area contributed by atoms with E-state index in [4.69, 9.17) is 5.26 Å². The highest BCUT2D eigenvalue weighted by molar-refractivity contribution is 5.19. The van der Waals surface area contributed by atoms with Gasteiger partial charge < -0.3 is 0 Å². The summed E-state index contributed by atoms with van der Waals surface area (Å²) in [5, 5.41) is 8.39. The van der Waals surface area contributed by atoms with Gasteiger partial charge in [-0.15, -0.1) is 0 Å². The van der Waals surface area contributed by atoms with Crippen LogP contribution in [0.1, 0.15) is 77.6 Å². The van der Waals surface area contributed by atoms with E-state index in [2.05, 4.69) is 13.0 Å². The molecule has 2 saturated carbocycles. The summed E-state index contributed by atoms with van der Waals surface area (Å²) in [7, 11) is 0. The van der Waals surface area contributed by atoms with Gasteiger partial charge in [0.05, 0.1) is 0 Å². The Kier molecular flexibility index (Phi) is 7.86. The van der Waals surface area contributed by atoms with Crippen molar-refractivity contribution in [3.8, 4) is 6.07 Å². The normalized spacial score (nSPS) is 32.8. The van der Waals surface area contributed by atoms with Gasteiger partial charge in [0.15, 0.2) is 5.83 Å². The Morgan fingerprint density at radius 2 is 1.65 bits per heavy atom. The first-order valence-electron chi connectivity index (χ1n) is 9.67. The van der Waals surface area contributed by atoms with Crippen molar-refractivity contribution < 1.29 is 4.39 Å². The maximum Gasteiger partial charge on any atom is 0.199 e. The van der Waals surface area contributed by atoms with Gasteiger partial charge in [0.2, 0.25) is 0 Å². The number of halogens is 1. The fourth-order valence-electron chi connectivity index (χ4n) is 4.58. The molecule has 2 heteroatoms. The molecule has 0 amide bonds. The minimum Gasteiger partial charge on any atom is -0.195 e. The van der Waals surface area contributed by atoms with E-state index in [-0.39, 0.29) is 0 Å². The number of nitriles is 1. The predicted molar refractivity (Wildman–Crippen MR) is 94.4 cm³/mol. The number of allylic oxidation sites excluding steroid dienone is 4. The number of hydrogen-bond donors (Lipinski definition) is 0. The van der Waals surface area contributed by atoms with Crippen LogP contribution in [0.15, 0.2) is 24.1 Å². The largest absolute Gasteiger partial charge is 0.199 e. The minimum atomic E-state index is -0.699. The highest BCUT2D eigenvalue weighted by atomic mass is 19.1. The van der Waals surface area contributed by atoms with E-state index in [1.54, 1.807) is 6.08 Å². The lowest BCUT2D eigenvalue weighted by Gasteiger charge is -2.37. The smallest absolute Gasteiger partial charge is 0.195 e. The zero-order chi connectivity index (χ0) is 16.5. The van der Waals surface area contributed by atoms with Crippen LogP contribution in [0.4, 0.5) is 4.39 Å². The van der Waals surface area contributed by atoms with Crippen molar-refractivity contribution in [1.29, 1.82) is 5.26 Å². The quantitative estimate of drug-likeness (QED) is 0.394. The molecule has 0 aromatic rings. The van der Waals surface area contributed by atoms with Crippen molar-refractivity contribution >= 4 is 0 Å². The minimum absolute atomic E-state index is 0.579. The third kappa shape index (κ3) is 6.13. The molecule has 0 heterocycles. The second-order valence-electron chi connectivity index (χ2n) is 7.61. The molecule has 1 nitrogen and oxygen atoms in total. The third-order valence-corrected chi connectivity index (χ3v) is 6.07. The Morgan fingerprint density at radius 3 is 2.22 bits per heavy atom. The van der Waals surface area contributed by atoms with Crippen molar-refractivity contribution in [3.05, 3.63) is 24.1 Å². The molecule has 0 saturated heterocycles. The Morgan fingerprint density at radius 1 is 1.04 bits per heavy atom. The fraction of sp³-hybridized carbons (Fsp3) is 0.762. The monoisotopic (exact) mass is 317 g/mol. The topological polar surface area (TPSA) is 23.8 Å². The molecule has 2 aliphatic carbocycles. The molecular weight excluding hydrogens is 285 g/mol. The molecule has 0 atom stereocenters. The van der Waals surface area contributed by atoms with Crippen LogP contribution in [0.3, 0.4) is 0 Å². The second kappa shape index (κ2) is 9.91. The number of unbranched alkanes of at least 4 members (excludes halogenated alkanes) is 1. The zero-order valence-electron chi connectivity index (χ0n) is 14.6. The second-order valence-corrected chi connectivity index (χ2v) is 7.61. The van der Waals surface area contributed by atoms with Crippen LogP contribution in [-0.2, 0) is 0 Å². The van der Waals surface area contributed by atoms with E-state index < -0.39 is 5.83 Å². The molecule has 128 valence electrons. The van der Waals surface area contributed by atoms with Crippen LogP contribution < -0.4 is 0 Å². The molecule has 2 rings (SSSR count). The van der Waals surface area contributed by atoms with E-state index in [1.165, 1.54) is 82.8 Å². The summed E-state index contributed by atoms with van der Waals surface area (Å²) in [5.74, 6) is 2.78. The van der Waals surface area contributed by atoms with Crippen molar-refractivity contribution in [1.82, 2.24) is 0 Å². The van der Waals surface area contributed by atoms with Gasteiger partial charge in [-0.1, -0.05) is 51.2 Å². The molecular formula is C21H32FN. The van der Waals surface area contributed by atoms with Gasteiger partial charge in [-0.3, -0.25) is 0 Å². The lowest BCUT2D eigenvalue weighted by molar-refractivity contribution is 0.152. The Bertz CT molecular complexity index is 429. The van der Waals surface area contributed by atoms with Gasteiger partial charge in [0.1, 0.15) is 6.07 Å². The summed E-state index contributed by atoms with van der Waals surface area (Å²) in [6.07, 6.45) is 20.3. The van der Waals surface area contributed by atoms with Gasteiger partial charge in [-0.2, -0.15) is 9.65 Å². The lowest BCUT2D eigenvalue weighted by atomic mass is 9.68. The summed E-state index contributed by atoms with van der Waals surface area (Å²) in [5.41, 5.74) is 0. The summed E-state index contributed by atoms with van der Waals surface area (Å²) in [4.78, 5) is 0. The van der Waals surface area contributed by atoms with Gasteiger partial charge in [-0.25, -0.2) is 0 Å². The third-order valence-electron chi connectivity index (χ3n) is 6.07. The van der Waals surface area contributed by atoms with Gasteiger partial charge >= 0.3 is 0 Å². The zero-order valence-corrected chi connectivity index (χ0v) is 14.6. The van der Waals surface area contributed by atoms with Crippen molar-refractivity contribution in [2.45, 2.75) is 77.6 Å². The van der Waals surface area contributed by atoms with Gasteiger partial charge in [-0.05, 0) is 68.3 Å². The molecule has 0 N–H and O–H groups in total. The Balaban J connectivity index is 1.68. The van der Waals surface area contributed by atoms with Crippen LogP contribution in [0.25, 0.3) is 0 Å². The summed E-state index contributed by atoms with van der Waals surface area (Å²) >= 11 is 0. The van der Waals surface area contributed by atoms with Crippen LogP contribution in [0.2, 0.25) is 0 Å². The molecule has 2 aliphatic rings. The number of hydrogen-bond acceptors (Lipinski definition) is 1. The van der Waals surface area contributed by atoms with Gasteiger partial charge in [0, 0.05) is 0 Å². The first kappa shape index (κ1) is 18.2. The molecule has 23 heavy (non-hydrogen) atoms. The molecule has 0 aromatic carbocycles. The summed E-state index contributed by atoms with van der Waals surface area (Å²) in [6.45, 7) is 2.29. The van der Waals surface area contributed by atoms with Crippen LogP contribution in [0.5, 0.6) is 0 Å². The Hall–Kier alpha value is -1.10. The van der Waals surface area contributed by atoms with Crippen molar-refractivity contribution in [3.63, 3.8) is 0 Å². The fourth-order valence-corrected chi connectivity index (χ4v) is 4.58. The average molecular weight is 317 g/mol. The van der Waals surface area contributed by atoms with E-state index in [1.807, 2.05) is 0 Å². The number of rotatable bonds is 6. The van der Waals surface area contributed by atoms with Crippen LogP contribution in [0, 0.1) is 35.0 Å². The molecule has 0 aliphatic heterocycles. The van der Waals surface area contributed by atoms with Crippen LogP contribution >= 0.6 is 0 Å². The SMILES string of the molecule is CCCCC1CCC(C2CCC(C=CC=C(F)C#N)CC2)CC1. The average Bonchev–Trinajstić information content (AvgIpc) is 2.61. The molecule has 0 unspecified atom stereocenters. The lowest BCUT2D eigenvalue weighted by Crippen LogP contribution is -2.25. The standard InChI is InChI=1S/C21H32FN/c1-2-3-5-17-8-12-19(13-9-17)20-14-10-18(11-15-20)6-4-7-21(22)16-23/h4,6-7,17-20H,2-3,5,8-15H2,1H3. The van der Waals surface area contributed by atoms with Gasteiger partial charge in [0.25, 0.3) is 0 Å². The maximum absolute atomic E-state index is 12.7. The molecule has 0 bridgehead atoms. The highest BCUT2D eigenvalue weighted by Crippen LogP contribution is 2.42. The summed E-state index contributed by atoms with van der Waals surface area (Å²) < 4.78 is 12.7. The van der Waals surface area contributed by atoms with Crippen molar-refractivity contribution in [2.24, 2.45) is 23.7 Å². The Labute approximate surface area is 141 Å². The molecule has 0 radical (unpaired) electrons. The van der Waals surface area contributed by atoms with E-state index >= 15 is 0 Å². The van der Waals surface area contributed by atoms with Crippen LogP contribution in [-0.4, -0.2) is 0 Å². The molecule has 0 spiro atoms. The van der Waals surface area contributed by atoms with E-state index in [0.717, 1.165) is 17.8 Å².